The zero-order valence-corrected chi connectivity index (χ0v) is 18.9. The molecular formula is C27H27N5O. The number of hydrogen-bond donors (Lipinski definition) is 0. The number of hydrogen-bond acceptors (Lipinski definition) is 4. The number of allylic oxidation sites excluding steroid dienone is 3. The highest BCUT2D eigenvalue weighted by Gasteiger charge is 2.22. The van der Waals surface area contributed by atoms with E-state index in [4.69, 9.17) is 5.26 Å². The summed E-state index contributed by atoms with van der Waals surface area (Å²) in [6, 6.07) is 13.9. The number of imidazole rings is 1. The lowest BCUT2D eigenvalue weighted by atomic mass is 9.93. The first-order valence-electron chi connectivity index (χ1n) is 11.5. The number of nitrogens with zero attached hydrogens (tertiary/aromatic N) is 5. The summed E-state index contributed by atoms with van der Waals surface area (Å²) in [6.07, 6.45) is 10.7. The molecule has 0 saturated carbocycles. The second-order valence-corrected chi connectivity index (χ2v) is 8.81. The first-order valence-corrected chi connectivity index (χ1v) is 11.5. The fourth-order valence-electron chi connectivity index (χ4n) is 4.61. The van der Waals surface area contributed by atoms with Gasteiger partial charge in [-0.15, -0.1) is 0 Å². The van der Waals surface area contributed by atoms with Crippen LogP contribution < -0.4 is 0 Å². The average Bonchev–Trinajstić information content (AvgIpc) is 3.16. The van der Waals surface area contributed by atoms with Gasteiger partial charge in [0.2, 0.25) is 5.91 Å². The van der Waals surface area contributed by atoms with Crippen molar-refractivity contribution in [3.8, 4) is 17.3 Å². The van der Waals surface area contributed by atoms with Crippen molar-refractivity contribution in [1.82, 2.24) is 19.2 Å². The summed E-state index contributed by atoms with van der Waals surface area (Å²) in [5.41, 5.74) is 6.80. The largest absolute Gasteiger partial charge is 0.338 e. The van der Waals surface area contributed by atoms with E-state index in [2.05, 4.69) is 45.7 Å². The molecule has 166 valence electrons. The Kier molecular flexibility index (Phi) is 5.80. The van der Waals surface area contributed by atoms with Crippen LogP contribution >= 0.6 is 0 Å². The summed E-state index contributed by atoms with van der Waals surface area (Å²) in [5.74, 6) is 0.189. The van der Waals surface area contributed by atoms with E-state index in [9.17, 15) is 4.79 Å². The molecule has 6 heteroatoms. The lowest BCUT2D eigenvalue weighted by Gasteiger charge is -2.23. The molecule has 1 aliphatic heterocycles. The van der Waals surface area contributed by atoms with Crippen molar-refractivity contribution in [1.29, 1.82) is 5.26 Å². The Hall–Kier alpha value is -3.69. The zero-order valence-electron chi connectivity index (χ0n) is 18.9. The molecule has 1 aromatic carbocycles. The first kappa shape index (κ1) is 21.2. The minimum atomic E-state index is 0.189. The van der Waals surface area contributed by atoms with Gasteiger partial charge in [-0.05, 0) is 68.3 Å². The Morgan fingerprint density at radius 1 is 0.970 bits per heavy atom. The summed E-state index contributed by atoms with van der Waals surface area (Å²) < 4.78 is 2.09. The van der Waals surface area contributed by atoms with Crippen molar-refractivity contribution < 1.29 is 4.79 Å². The van der Waals surface area contributed by atoms with Gasteiger partial charge in [-0.25, -0.2) is 4.98 Å². The van der Waals surface area contributed by atoms with Gasteiger partial charge in [0.05, 0.1) is 23.5 Å². The predicted molar refractivity (Wildman–Crippen MR) is 129 cm³/mol. The van der Waals surface area contributed by atoms with Gasteiger partial charge < -0.3 is 9.80 Å². The van der Waals surface area contributed by atoms with E-state index < -0.39 is 0 Å². The maximum atomic E-state index is 13.0. The Labute approximate surface area is 194 Å². The molecule has 33 heavy (non-hydrogen) atoms. The quantitative estimate of drug-likeness (QED) is 0.618. The highest BCUT2D eigenvalue weighted by Crippen LogP contribution is 2.29. The maximum Gasteiger partial charge on any atom is 0.249 e. The average molecular weight is 438 g/mol. The minimum Gasteiger partial charge on any atom is -0.338 e. The van der Waals surface area contributed by atoms with Gasteiger partial charge >= 0.3 is 0 Å². The lowest BCUT2D eigenvalue weighted by molar-refractivity contribution is -0.127. The molecule has 2 aromatic heterocycles. The highest BCUT2D eigenvalue weighted by atomic mass is 16.2. The predicted octanol–water partition coefficient (Wildman–Crippen LogP) is 4.14. The van der Waals surface area contributed by atoms with Crippen LogP contribution in [0.1, 0.15) is 30.4 Å². The van der Waals surface area contributed by atoms with E-state index in [1.54, 1.807) is 0 Å². The number of amides is 1. The topological polar surface area (TPSA) is 64.6 Å². The smallest absolute Gasteiger partial charge is 0.249 e. The van der Waals surface area contributed by atoms with Gasteiger partial charge in [-0.1, -0.05) is 24.3 Å². The molecule has 2 aliphatic rings. The third-order valence-electron chi connectivity index (χ3n) is 6.62. The van der Waals surface area contributed by atoms with E-state index in [1.807, 2.05) is 47.5 Å². The Bertz CT molecular complexity index is 1290. The molecule has 0 unspecified atom stereocenters. The fraction of sp³-hybridized carbons (Fsp3) is 0.296. The van der Waals surface area contributed by atoms with Crippen molar-refractivity contribution in [3.05, 3.63) is 77.6 Å². The number of carbonyl (C=O) groups excluding carboxylic acids is 1. The van der Waals surface area contributed by atoms with E-state index in [-0.39, 0.29) is 5.91 Å². The number of aromatic nitrogens is 2. The van der Waals surface area contributed by atoms with Crippen molar-refractivity contribution in [2.24, 2.45) is 0 Å². The molecule has 3 aromatic rings. The van der Waals surface area contributed by atoms with Crippen molar-refractivity contribution >= 4 is 17.1 Å². The lowest BCUT2D eigenvalue weighted by Crippen LogP contribution is -2.35. The number of nitriles is 1. The third-order valence-corrected chi connectivity index (χ3v) is 6.62. The van der Waals surface area contributed by atoms with Gasteiger partial charge in [0.1, 0.15) is 5.65 Å². The van der Waals surface area contributed by atoms with Gasteiger partial charge in [0.15, 0.2) is 0 Å². The summed E-state index contributed by atoms with van der Waals surface area (Å²) in [4.78, 5) is 21.9. The first-order chi connectivity index (χ1) is 16.1. The number of pyridine rings is 1. The number of fused-ring (bicyclic) bond motifs is 1. The Morgan fingerprint density at radius 2 is 1.79 bits per heavy atom. The molecule has 0 radical (unpaired) electrons. The van der Waals surface area contributed by atoms with Gasteiger partial charge in [-0.3, -0.25) is 9.20 Å². The molecule has 6 nitrogen and oxygen atoms in total. The second-order valence-electron chi connectivity index (χ2n) is 8.81. The molecule has 0 atom stereocenters. The summed E-state index contributed by atoms with van der Waals surface area (Å²) in [5, 5.41) is 9.06. The van der Waals surface area contributed by atoms with Gasteiger partial charge in [0.25, 0.3) is 0 Å². The van der Waals surface area contributed by atoms with Crippen LogP contribution in [0.4, 0.5) is 0 Å². The van der Waals surface area contributed by atoms with Crippen LogP contribution in [0.25, 0.3) is 22.5 Å². The summed E-state index contributed by atoms with van der Waals surface area (Å²) in [6.45, 7) is 3.63. The van der Waals surface area contributed by atoms with E-state index >= 15 is 0 Å². The standard InChI is InChI=1S/C27H27N5O/c1-30-13-2-14-31(16-15-30)27(33)23-9-7-21(8-10-23)24-11-12-26-29-18-25(32(26)19-24)22-5-3-20(17-28)4-6-22/h3-7,9,11-12,18-19H,2,8,10,13-16H2,1H3. The third kappa shape index (κ3) is 4.33. The number of likely N-dealkylation sites (N-methyl/N-ethyl adjacent to an activating group) is 1. The van der Waals surface area contributed by atoms with Gasteiger partial charge in [0, 0.05) is 37.0 Å². The van der Waals surface area contributed by atoms with Crippen molar-refractivity contribution in [2.45, 2.75) is 19.3 Å². The van der Waals surface area contributed by atoms with E-state index in [0.29, 0.717) is 5.56 Å². The van der Waals surface area contributed by atoms with Crippen LogP contribution in [-0.2, 0) is 4.79 Å². The monoisotopic (exact) mass is 437 g/mol. The van der Waals surface area contributed by atoms with E-state index in [1.165, 1.54) is 5.57 Å². The van der Waals surface area contributed by atoms with Crippen LogP contribution in [-0.4, -0.2) is 58.3 Å². The molecule has 5 rings (SSSR count). The maximum absolute atomic E-state index is 13.0. The zero-order chi connectivity index (χ0) is 22.8. The van der Waals surface area contributed by atoms with Crippen LogP contribution in [0.5, 0.6) is 0 Å². The summed E-state index contributed by atoms with van der Waals surface area (Å²) in [7, 11) is 2.12. The molecular weight excluding hydrogens is 410 g/mol. The second kappa shape index (κ2) is 9.05. The van der Waals surface area contributed by atoms with Crippen LogP contribution in [0.3, 0.4) is 0 Å². The summed E-state index contributed by atoms with van der Waals surface area (Å²) >= 11 is 0. The minimum absolute atomic E-state index is 0.189. The molecule has 3 heterocycles. The normalized spacial score (nSPS) is 17.3. The highest BCUT2D eigenvalue weighted by molar-refractivity contribution is 5.95. The molecule has 1 amide bonds. The number of benzene rings is 1. The molecule has 1 fully saturated rings. The SMILES string of the molecule is CN1CCCN(C(=O)C2=CC=C(c3ccc4ncc(-c5ccc(C#N)cc5)n4c3)CC2)CC1. The van der Waals surface area contributed by atoms with Crippen molar-refractivity contribution in [3.63, 3.8) is 0 Å². The fourth-order valence-corrected chi connectivity index (χ4v) is 4.61. The van der Waals surface area contributed by atoms with E-state index in [0.717, 1.165) is 73.5 Å². The number of rotatable bonds is 3. The Morgan fingerprint density at radius 3 is 2.55 bits per heavy atom. The molecule has 1 saturated heterocycles. The van der Waals surface area contributed by atoms with Crippen LogP contribution in [0.15, 0.2) is 66.5 Å². The molecule has 0 bridgehead atoms. The molecule has 0 N–H and O–H groups in total. The van der Waals surface area contributed by atoms with Crippen LogP contribution in [0.2, 0.25) is 0 Å². The number of carbonyl (C=O) groups is 1. The molecule has 0 spiro atoms. The molecule has 1 aliphatic carbocycles. The Balaban J connectivity index is 1.39. The van der Waals surface area contributed by atoms with Gasteiger partial charge in [-0.2, -0.15) is 5.26 Å². The van der Waals surface area contributed by atoms with Crippen molar-refractivity contribution in [2.75, 3.05) is 33.2 Å². The van der Waals surface area contributed by atoms with Crippen LogP contribution in [0, 0.1) is 11.3 Å².